The predicted molar refractivity (Wildman–Crippen MR) is 94.5 cm³/mol. The van der Waals surface area contributed by atoms with Crippen LogP contribution in [0.25, 0.3) is 33.2 Å². The lowest BCUT2D eigenvalue weighted by molar-refractivity contribution is -0.660. The zero-order valence-electron chi connectivity index (χ0n) is 14.6. The minimum absolute atomic E-state index is 0.351. The second kappa shape index (κ2) is 5.38. The molecule has 126 valence electrons. The van der Waals surface area contributed by atoms with Crippen LogP contribution in [0.2, 0.25) is 0 Å². The molecule has 0 unspecified atom stereocenters. The maximum atomic E-state index is 14.7. The normalized spacial score (nSPS) is 11.6. The molecule has 0 aliphatic carbocycles. The van der Waals surface area contributed by atoms with Crippen LogP contribution in [0.4, 0.5) is 8.78 Å². The number of furan rings is 1. The van der Waals surface area contributed by atoms with E-state index in [-0.39, 0.29) is 11.6 Å². The smallest absolute Gasteiger partial charge is 0.216 e. The van der Waals surface area contributed by atoms with E-state index in [9.17, 15) is 8.78 Å². The SMILES string of the molecule is Cc1ccc(-c2c(C)cc(F)c3c2oc2cc(F)c(C)cc23)[n+](C)c1. The summed E-state index contributed by atoms with van der Waals surface area (Å²) in [6.07, 6.45) is 2.01. The lowest BCUT2D eigenvalue weighted by Crippen LogP contribution is -2.31. The molecule has 0 bridgehead atoms. The number of fused-ring (bicyclic) bond motifs is 3. The molecule has 0 saturated heterocycles. The molecule has 0 amide bonds. The molecule has 0 spiro atoms. The molecule has 2 heterocycles. The van der Waals surface area contributed by atoms with E-state index in [1.54, 1.807) is 13.0 Å². The summed E-state index contributed by atoms with van der Waals surface area (Å²) in [5, 5.41) is 1.00. The van der Waals surface area contributed by atoms with Crippen LogP contribution in [0.1, 0.15) is 16.7 Å². The molecule has 0 atom stereocenters. The molecular formula is C21H18F2NO+. The fraction of sp³-hybridized carbons (Fsp3) is 0.190. The number of rotatable bonds is 1. The lowest BCUT2D eigenvalue weighted by atomic mass is 9.99. The Kier molecular flexibility index (Phi) is 3.39. The molecule has 0 aliphatic heterocycles. The summed E-state index contributed by atoms with van der Waals surface area (Å²) >= 11 is 0. The Bertz CT molecular complexity index is 1160. The van der Waals surface area contributed by atoms with Crippen LogP contribution in [-0.2, 0) is 7.05 Å². The molecule has 4 rings (SSSR count). The molecule has 2 aromatic carbocycles. The summed E-state index contributed by atoms with van der Waals surface area (Å²) in [4.78, 5) is 0. The van der Waals surface area contributed by atoms with E-state index in [0.29, 0.717) is 27.5 Å². The number of hydrogen-bond donors (Lipinski definition) is 0. The van der Waals surface area contributed by atoms with Gasteiger partial charge in [0, 0.05) is 23.1 Å². The van der Waals surface area contributed by atoms with Gasteiger partial charge in [0.2, 0.25) is 5.69 Å². The molecule has 4 heteroatoms. The number of hydrogen-bond acceptors (Lipinski definition) is 1. The van der Waals surface area contributed by atoms with Gasteiger partial charge < -0.3 is 4.42 Å². The van der Waals surface area contributed by atoms with Crippen molar-refractivity contribution >= 4 is 21.9 Å². The Balaban J connectivity index is 2.18. The van der Waals surface area contributed by atoms with Crippen LogP contribution in [-0.4, -0.2) is 0 Å². The van der Waals surface area contributed by atoms with Gasteiger partial charge in [-0.1, -0.05) is 0 Å². The molecule has 0 saturated carbocycles. The van der Waals surface area contributed by atoms with Gasteiger partial charge in [0.1, 0.15) is 24.3 Å². The number of aryl methyl sites for hydroxylation is 4. The molecule has 0 aliphatic rings. The first-order valence-electron chi connectivity index (χ1n) is 8.15. The summed E-state index contributed by atoms with van der Waals surface area (Å²) in [7, 11) is 1.95. The van der Waals surface area contributed by atoms with E-state index in [4.69, 9.17) is 4.42 Å². The van der Waals surface area contributed by atoms with Crippen molar-refractivity contribution in [1.29, 1.82) is 0 Å². The van der Waals surface area contributed by atoms with E-state index in [0.717, 1.165) is 22.4 Å². The predicted octanol–water partition coefficient (Wildman–Crippen LogP) is 5.28. The van der Waals surface area contributed by atoms with Gasteiger partial charge in [0.05, 0.1) is 10.9 Å². The Labute approximate surface area is 144 Å². The van der Waals surface area contributed by atoms with Crippen molar-refractivity contribution in [2.45, 2.75) is 20.8 Å². The highest BCUT2D eigenvalue weighted by Crippen LogP contribution is 2.39. The number of aromatic nitrogens is 1. The Morgan fingerprint density at radius 2 is 1.68 bits per heavy atom. The maximum Gasteiger partial charge on any atom is 0.216 e. The molecule has 2 aromatic heterocycles. The highest BCUT2D eigenvalue weighted by molar-refractivity contribution is 6.10. The molecule has 25 heavy (non-hydrogen) atoms. The van der Waals surface area contributed by atoms with E-state index < -0.39 is 0 Å². The van der Waals surface area contributed by atoms with Gasteiger partial charge in [0.15, 0.2) is 11.8 Å². The van der Waals surface area contributed by atoms with Gasteiger partial charge in [-0.25, -0.2) is 13.3 Å². The number of halogens is 2. The number of pyridine rings is 1. The van der Waals surface area contributed by atoms with Crippen molar-refractivity contribution in [2.75, 3.05) is 0 Å². The van der Waals surface area contributed by atoms with E-state index in [1.807, 2.05) is 43.8 Å². The quantitative estimate of drug-likeness (QED) is 0.432. The molecule has 4 aromatic rings. The van der Waals surface area contributed by atoms with Crippen molar-refractivity contribution in [3.63, 3.8) is 0 Å². The van der Waals surface area contributed by atoms with Crippen LogP contribution in [0.5, 0.6) is 0 Å². The van der Waals surface area contributed by atoms with Gasteiger partial charge in [-0.2, -0.15) is 0 Å². The van der Waals surface area contributed by atoms with Crippen LogP contribution in [0.3, 0.4) is 0 Å². The summed E-state index contributed by atoms with van der Waals surface area (Å²) in [6, 6.07) is 8.50. The van der Waals surface area contributed by atoms with Crippen LogP contribution >= 0.6 is 0 Å². The Morgan fingerprint density at radius 1 is 0.920 bits per heavy atom. The molecule has 0 fully saturated rings. The van der Waals surface area contributed by atoms with Crippen LogP contribution in [0, 0.1) is 32.4 Å². The zero-order valence-corrected chi connectivity index (χ0v) is 14.6. The van der Waals surface area contributed by atoms with Gasteiger partial charge in [0.25, 0.3) is 0 Å². The third-order valence-corrected chi connectivity index (χ3v) is 4.71. The monoisotopic (exact) mass is 338 g/mol. The van der Waals surface area contributed by atoms with Crippen molar-refractivity contribution in [3.8, 4) is 11.3 Å². The third kappa shape index (κ3) is 2.32. The van der Waals surface area contributed by atoms with Gasteiger partial charge in [-0.05, 0) is 50.1 Å². The van der Waals surface area contributed by atoms with Crippen molar-refractivity contribution < 1.29 is 17.8 Å². The minimum Gasteiger partial charge on any atom is -0.455 e. The number of nitrogens with zero attached hydrogens (tertiary/aromatic N) is 1. The van der Waals surface area contributed by atoms with E-state index in [2.05, 4.69) is 0 Å². The van der Waals surface area contributed by atoms with Gasteiger partial charge in [-0.15, -0.1) is 0 Å². The van der Waals surface area contributed by atoms with Crippen LogP contribution in [0.15, 0.2) is 40.9 Å². The summed E-state index contributed by atoms with van der Waals surface area (Å²) in [6.45, 7) is 5.54. The number of benzene rings is 2. The summed E-state index contributed by atoms with van der Waals surface area (Å²) < 4.78 is 36.6. The molecule has 0 radical (unpaired) electrons. The van der Waals surface area contributed by atoms with E-state index in [1.165, 1.54) is 12.1 Å². The minimum atomic E-state index is -0.355. The molecular weight excluding hydrogens is 320 g/mol. The average Bonchev–Trinajstić information content (AvgIpc) is 2.88. The summed E-state index contributed by atoms with van der Waals surface area (Å²) in [5.74, 6) is -0.707. The maximum absolute atomic E-state index is 14.7. The first kappa shape index (κ1) is 15.8. The van der Waals surface area contributed by atoms with Crippen molar-refractivity contribution in [2.24, 2.45) is 7.05 Å². The second-order valence-electron chi connectivity index (χ2n) is 6.66. The average molecular weight is 338 g/mol. The summed E-state index contributed by atoms with van der Waals surface area (Å²) in [5.41, 5.74) is 4.94. The fourth-order valence-corrected chi connectivity index (χ4v) is 3.48. The Hall–Kier alpha value is -2.75. The van der Waals surface area contributed by atoms with E-state index >= 15 is 0 Å². The van der Waals surface area contributed by atoms with Crippen LogP contribution < -0.4 is 4.57 Å². The Morgan fingerprint density at radius 3 is 2.40 bits per heavy atom. The second-order valence-corrected chi connectivity index (χ2v) is 6.66. The van der Waals surface area contributed by atoms with Gasteiger partial charge >= 0.3 is 0 Å². The highest BCUT2D eigenvalue weighted by atomic mass is 19.1. The highest BCUT2D eigenvalue weighted by Gasteiger charge is 2.23. The molecule has 2 nitrogen and oxygen atoms in total. The first-order valence-corrected chi connectivity index (χ1v) is 8.15. The topological polar surface area (TPSA) is 17.0 Å². The van der Waals surface area contributed by atoms with Crippen molar-refractivity contribution in [3.05, 3.63) is 64.9 Å². The third-order valence-electron chi connectivity index (χ3n) is 4.71. The van der Waals surface area contributed by atoms with Crippen molar-refractivity contribution in [1.82, 2.24) is 0 Å². The fourth-order valence-electron chi connectivity index (χ4n) is 3.48. The first-order chi connectivity index (χ1) is 11.9. The zero-order chi connectivity index (χ0) is 17.9. The standard InChI is InChI=1S/C21H18F2NO/c1-11-5-6-17(24(4)10-11)19-13(3)8-16(23)20-14-7-12(2)15(22)9-18(14)25-21(19)20/h5-10H,1-4H3/q+1. The largest absolute Gasteiger partial charge is 0.455 e. The lowest BCUT2D eigenvalue weighted by Gasteiger charge is -2.07. The molecule has 0 N–H and O–H groups in total. The van der Waals surface area contributed by atoms with Gasteiger partial charge in [-0.3, -0.25) is 0 Å².